The largest absolute Gasteiger partial charge is 0.486 e. The molecule has 7 heteroatoms. The van der Waals surface area contributed by atoms with E-state index in [9.17, 15) is 8.78 Å². The molecule has 0 aliphatic carbocycles. The quantitative estimate of drug-likeness (QED) is 0.460. The summed E-state index contributed by atoms with van der Waals surface area (Å²) in [6.45, 7) is 11.8. The summed E-state index contributed by atoms with van der Waals surface area (Å²) in [5.74, 6) is -0.374. The predicted molar refractivity (Wildman–Crippen MR) is 134 cm³/mol. The van der Waals surface area contributed by atoms with Gasteiger partial charge in [0.25, 0.3) is 0 Å². The van der Waals surface area contributed by atoms with Gasteiger partial charge in [-0.2, -0.15) is 0 Å². The van der Waals surface area contributed by atoms with Crippen LogP contribution in [0, 0.1) is 11.6 Å². The predicted octanol–water partition coefficient (Wildman–Crippen LogP) is 5.16. The first-order valence-corrected chi connectivity index (χ1v) is 12.1. The monoisotopic (exact) mass is 476 g/mol. The molecule has 5 nitrogen and oxygen atoms in total. The van der Waals surface area contributed by atoms with Crippen LogP contribution in [-0.2, 0) is 19.4 Å². The van der Waals surface area contributed by atoms with Gasteiger partial charge in [-0.3, -0.25) is 4.90 Å². The maximum absolute atomic E-state index is 14.9. The molecule has 0 saturated heterocycles. The lowest BCUT2D eigenvalue weighted by molar-refractivity contribution is 0.282. The van der Waals surface area contributed by atoms with Crippen LogP contribution >= 0.6 is 0 Å². The van der Waals surface area contributed by atoms with Crippen molar-refractivity contribution in [1.29, 1.82) is 0 Å². The summed E-state index contributed by atoms with van der Waals surface area (Å²) in [6, 6.07) is 9.66. The summed E-state index contributed by atoms with van der Waals surface area (Å²) < 4.78 is 35.4. The summed E-state index contributed by atoms with van der Waals surface area (Å²) in [5.41, 5.74) is 4.84. The smallest absolute Gasteiger partial charge is 0.178 e. The Kier molecular flexibility index (Phi) is 6.52. The van der Waals surface area contributed by atoms with E-state index in [0.717, 1.165) is 31.6 Å². The molecule has 3 heterocycles. The van der Waals surface area contributed by atoms with Crippen LogP contribution in [0.5, 0.6) is 5.75 Å². The van der Waals surface area contributed by atoms with Gasteiger partial charge in [0.15, 0.2) is 17.4 Å². The molecule has 5 rings (SSSR count). The molecular weight excluding hydrogens is 446 g/mol. The molecule has 3 aromatic rings. The van der Waals surface area contributed by atoms with Gasteiger partial charge in [0.2, 0.25) is 0 Å². The fourth-order valence-electron chi connectivity index (χ4n) is 4.96. The van der Waals surface area contributed by atoms with Gasteiger partial charge >= 0.3 is 0 Å². The summed E-state index contributed by atoms with van der Waals surface area (Å²) in [7, 11) is 0. The topological polar surface area (TPSA) is 41.5 Å². The molecule has 0 bridgehead atoms. The number of rotatable bonds is 6. The van der Waals surface area contributed by atoms with Gasteiger partial charge in [0.1, 0.15) is 18.1 Å². The van der Waals surface area contributed by atoms with Crippen LogP contribution in [0.4, 0.5) is 14.5 Å². The Labute approximate surface area is 205 Å². The second-order valence-electron chi connectivity index (χ2n) is 9.48. The first-order valence-electron chi connectivity index (χ1n) is 12.1. The number of halogens is 2. The van der Waals surface area contributed by atoms with Crippen molar-refractivity contribution in [1.82, 2.24) is 14.9 Å². The summed E-state index contributed by atoms with van der Waals surface area (Å²) in [5, 5.41) is 0. The lowest BCUT2D eigenvalue weighted by atomic mass is 9.96. The van der Waals surface area contributed by atoms with Gasteiger partial charge in [0, 0.05) is 37.7 Å². The van der Waals surface area contributed by atoms with Crippen LogP contribution in [-0.4, -0.2) is 47.2 Å². The zero-order valence-electron chi connectivity index (χ0n) is 20.2. The Morgan fingerprint density at radius 2 is 1.97 bits per heavy atom. The maximum Gasteiger partial charge on any atom is 0.178 e. The van der Waals surface area contributed by atoms with E-state index in [0.29, 0.717) is 36.6 Å². The number of fused-ring (bicyclic) bond motifs is 2. The average molecular weight is 477 g/mol. The van der Waals surface area contributed by atoms with E-state index in [1.54, 1.807) is 6.07 Å². The SMILES string of the molecule is C=CCN1CCc2cc(Cc3ncc(F)c(-c4cc(F)c5c(c4)N(C(C)C)CCO5)n3)ccc2C1. The molecule has 0 saturated carbocycles. The van der Waals surface area contributed by atoms with Crippen molar-refractivity contribution in [2.45, 2.75) is 39.3 Å². The van der Waals surface area contributed by atoms with Crippen molar-refractivity contribution in [3.8, 4) is 17.0 Å². The summed E-state index contributed by atoms with van der Waals surface area (Å²) >= 11 is 0. The molecule has 0 amide bonds. The van der Waals surface area contributed by atoms with E-state index in [1.807, 2.05) is 19.9 Å². The highest BCUT2D eigenvalue weighted by Gasteiger charge is 2.26. The van der Waals surface area contributed by atoms with Crippen LogP contribution in [0.2, 0.25) is 0 Å². The number of benzene rings is 2. The molecule has 2 aliphatic heterocycles. The van der Waals surface area contributed by atoms with Crippen molar-refractivity contribution >= 4 is 5.69 Å². The molecule has 2 aromatic carbocycles. The molecule has 0 N–H and O–H groups in total. The van der Waals surface area contributed by atoms with E-state index in [2.05, 4.69) is 44.5 Å². The molecule has 182 valence electrons. The molecule has 0 unspecified atom stereocenters. The molecule has 0 spiro atoms. The van der Waals surface area contributed by atoms with E-state index in [1.165, 1.54) is 23.4 Å². The van der Waals surface area contributed by atoms with Gasteiger partial charge < -0.3 is 9.64 Å². The van der Waals surface area contributed by atoms with E-state index >= 15 is 0 Å². The third-order valence-electron chi connectivity index (χ3n) is 6.71. The Bertz CT molecular complexity index is 1260. The zero-order chi connectivity index (χ0) is 24.5. The molecule has 0 fully saturated rings. The zero-order valence-corrected chi connectivity index (χ0v) is 20.2. The third-order valence-corrected chi connectivity index (χ3v) is 6.71. The van der Waals surface area contributed by atoms with Crippen molar-refractivity contribution in [3.63, 3.8) is 0 Å². The lowest BCUT2D eigenvalue weighted by Gasteiger charge is -2.34. The number of nitrogens with zero attached hydrogens (tertiary/aromatic N) is 4. The lowest BCUT2D eigenvalue weighted by Crippen LogP contribution is -2.38. The van der Waals surface area contributed by atoms with Gasteiger partial charge in [0.05, 0.1) is 18.4 Å². The maximum atomic E-state index is 14.9. The Morgan fingerprint density at radius 3 is 2.77 bits per heavy atom. The van der Waals surface area contributed by atoms with Gasteiger partial charge in [-0.05, 0) is 49.1 Å². The van der Waals surface area contributed by atoms with Crippen molar-refractivity contribution < 1.29 is 13.5 Å². The molecule has 0 atom stereocenters. The Balaban J connectivity index is 1.43. The number of anilines is 1. The minimum atomic E-state index is -0.575. The first kappa shape index (κ1) is 23.4. The summed E-state index contributed by atoms with van der Waals surface area (Å²) in [6.07, 6.45) is 4.57. The van der Waals surface area contributed by atoms with Crippen LogP contribution in [0.1, 0.15) is 36.4 Å². The number of hydrogen-bond donors (Lipinski definition) is 0. The second kappa shape index (κ2) is 9.74. The standard InChI is InChI=1S/C28H30F2N4O/c1-4-8-33-9-7-20-12-19(5-6-21(20)17-33)13-26-31-16-24(30)27(32-26)22-14-23(29)28-25(15-22)34(18(2)3)10-11-35-28/h4-6,12,14-16,18H,1,7-11,13,17H2,2-3H3. The van der Waals surface area contributed by atoms with E-state index in [4.69, 9.17) is 4.74 Å². The van der Waals surface area contributed by atoms with Gasteiger partial charge in [-0.1, -0.05) is 24.3 Å². The molecule has 0 radical (unpaired) electrons. The molecule has 1 aromatic heterocycles. The second-order valence-corrected chi connectivity index (χ2v) is 9.48. The highest BCUT2D eigenvalue weighted by atomic mass is 19.1. The highest BCUT2D eigenvalue weighted by molar-refractivity contribution is 5.72. The molecule has 35 heavy (non-hydrogen) atoms. The molecular formula is C28H30F2N4O. The van der Waals surface area contributed by atoms with Crippen molar-refractivity contribution in [2.75, 3.05) is 31.1 Å². The van der Waals surface area contributed by atoms with Gasteiger partial charge in [-0.15, -0.1) is 6.58 Å². The Morgan fingerprint density at radius 1 is 1.11 bits per heavy atom. The molecule has 2 aliphatic rings. The van der Waals surface area contributed by atoms with Crippen LogP contribution < -0.4 is 9.64 Å². The van der Waals surface area contributed by atoms with E-state index < -0.39 is 11.6 Å². The fourth-order valence-corrected chi connectivity index (χ4v) is 4.96. The number of aromatic nitrogens is 2. The fraction of sp³-hybridized carbons (Fsp3) is 0.357. The normalized spacial score (nSPS) is 15.5. The minimum Gasteiger partial charge on any atom is -0.486 e. The van der Waals surface area contributed by atoms with Crippen LogP contribution in [0.25, 0.3) is 11.3 Å². The first-order chi connectivity index (χ1) is 16.9. The van der Waals surface area contributed by atoms with Crippen LogP contribution in [0.15, 0.2) is 49.2 Å². The highest BCUT2D eigenvalue weighted by Crippen LogP contribution is 2.39. The summed E-state index contributed by atoms with van der Waals surface area (Å²) in [4.78, 5) is 13.2. The number of hydrogen-bond acceptors (Lipinski definition) is 5. The van der Waals surface area contributed by atoms with E-state index in [-0.39, 0.29) is 17.5 Å². The van der Waals surface area contributed by atoms with Gasteiger partial charge in [-0.25, -0.2) is 18.7 Å². The Hall–Kier alpha value is -3.32. The van der Waals surface area contributed by atoms with Crippen molar-refractivity contribution in [3.05, 3.63) is 83.3 Å². The van der Waals surface area contributed by atoms with Crippen molar-refractivity contribution in [2.24, 2.45) is 0 Å². The third kappa shape index (κ3) is 4.78. The number of ether oxygens (including phenoxy) is 1. The average Bonchev–Trinajstić information content (AvgIpc) is 2.85. The van der Waals surface area contributed by atoms with Crippen LogP contribution in [0.3, 0.4) is 0 Å². The minimum absolute atomic E-state index is 0.101.